The number of aliphatic hydroxyl groups is 1. The quantitative estimate of drug-likeness (QED) is 0.871. The van der Waals surface area contributed by atoms with Crippen LogP contribution in [0.25, 0.3) is 0 Å². The third-order valence-electron chi connectivity index (χ3n) is 4.25. The van der Waals surface area contributed by atoms with Gasteiger partial charge in [-0.15, -0.1) is 0 Å². The molecule has 3 unspecified atom stereocenters. The first-order chi connectivity index (χ1) is 9.65. The normalized spacial score (nSPS) is 24.4. The lowest BCUT2D eigenvalue weighted by atomic mass is 9.87. The predicted molar refractivity (Wildman–Crippen MR) is 77.3 cm³/mol. The Morgan fingerprint density at radius 3 is 3.00 bits per heavy atom. The van der Waals surface area contributed by atoms with Crippen molar-refractivity contribution in [1.29, 1.82) is 0 Å². The maximum atomic E-state index is 13.9. The first-order valence-corrected chi connectivity index (χ1v) is 7.39. The van der Waals surface area contributed by atoms with Crippen LogP contribution in [0.3, 0.4) is 0 Å². The van der Waals surface area contributed by atoms with Crippen LogP contribution >= 0.6 is 0 Å². The standard InChI is InChI=1S/C16H24FNO2/c1-3-11-7-8-18-12(9-11)10-14(19)16-13(17)5-4-6-15(16)20-2/h4-6,11-12,14,18-19H,3,7-10H2,1-2H3. The minimum Gasteiger partial charge on any atom is -0.496 e. The molecule has 112 valence electrons. The van der Waals surface area contributed by atoms with Crippen LogP contribution in [-0.2, 0) is 0 Å². The largest absolute Gasteiger partial charge is 0.496 e. The molecule has 1 saturated heterocycles. The van der Waals surface area contributed by atoms with E-state index in [0.717, 1.165) is 19.4 Å². The number of aliphatic hydroxyl groups excluding tert-OH is 1. The number of nitrogens with one attached hydrogen (secondary N) is 1. The molecule has 3 nitrogen and oxygen atoms in total. The highest BCUT2D eigenvalue weighted by Gasteiger charge is 2.26. The van der Waals surface area contributed by atoms with Gasteiger partial charge < -0.3 is 15.2 Å². The van der Waals surface area contributed by atoms with Crippen molar-refractivity contribution in [3.05, 3.63) is 29.6 Å². The van der Waals surface area contributed by atoms with Crippen molar-refractivity contribution < 1.29 is 14.2 Å². The number of hydrogen-bond donors (Lipinski definition) is 2. The van der Waals surface area contributed by atoms with Crippen molar-refractivity contribution in [2.45, 2.75) is 44.8 Å². The van der Waals surface area contributed by atoms with E-state index >= 15 is 0 Å². The molecule has 0 bridgehead atoms. The number of halogens is 1. The fourth-order valence-electron chi connectivity index (χ4n) is 3.05. The van der Waals surface area contributed by atoms with Crippen LogP contribution < -0.4 is 10.1 Å². The van der Waals surface area contributed by atoms with Gasteiger partial charge in [0.1, 0.15) is 11.6 Å². The van der Waals surface area contributed by atoms with E-state index in [4.69, 9.17) is 4.74 Å². The molecule has 0 aliphatic carbocycles. The maximum absolute atomic E-state index is 13.9. The second kappa shape index (κ2) is 7.04. The number of ether oxygens (including phenoxy) is 1. The molecule has 0 spiro atoms. The number of hydrogen-bond acceptors (Lipinski definition) is 3. The third kappa shape index (κ3) is 3.49. The monoisotopic (exact) mass is 281 g/mol. The summed E-state index contributed by atoms with van der Waals surface area (Å²) in [6, 6.07) is 4.89. The van der Waals surface area contributed by atoms with Gasteiger partial charge in [-0.1, -0.05) is 19.4 Å². The second-order valence-corrected chi connectivity index (χ2v) is 5.56. The van der Waals surface area contributed by atoms with Crippen LogP contribution in [0.15, 0.2) is 18.2 Å². The summed E-state index contributed by atoms with van der Waals surface area (Å²) >= 11 is 0. The summed E-state index contributed by atoms with van der Waals surface area (Å²) in [6.07, 6.45) is 3.08. The molecule has 1 fully saturated rings. The highest BCUT2D eigenvalue weighted by Crippen LogP contribution is 2.32. The molecule has 0 amide bonds. The van der Waals surface area contributed by atoms with Crippen molar-refractivity contribution >= 4 is 0 Å². The highest BCUT2D eigenvalue weighted by atomic mass is 19.1. The molecule has 1 aliphatic heterocycles. The Bertz CT molecular complexity index is 438. The Hall–Kier alpha value is -1.13. The smallest absolute Gasteiger partial charge is 0.132 e. The fourth-order valence-corrected chi connectivity index (χ4v) is 3.05. The zero-order chi connectivity index (χ0) is 14.5. The molecule has 4 heteroatoms. The van der Waals surface area contributed by atoms with E-state index in [1.165, 1.54) is 19.6 Å². The van der Waals surface area contributed by atoms with Crippen molar-refractivity contribution in [3.8, 4) is 5.75 Å². The van der Waals surface area contributed by atoms with Crippen LogP contribution in [-0.4, -0.2) is 24.8 Å². The van der Waals surface area contributed by atoms with Crippen LogP contribution in [0, 0.1) is 11.7 Å². The summed E-state index contributed by atoms with van der Waals surface area (Å²) in [4.78, 5) is 0. The second-order valence-electron chi connectivity index (χ2n) is 5.56. The molecule has 0 radical (unpaired) electrons. The molecule has 3 atom stereocenters. The Labute approximate surface area is 120 Å². The summed E-state index contributed by atoms with van der Waals surface area (Å²) in [6.45, 7) is 3.17. The fraction of sp³-hybridized carbons (Fsp3) is 0.625. The molecule has 1 aromatic rings. The average Bonchev–Trinajstić information content (AvgIpc) is 2.46. The SMILES string of the molecule is CCC1CCNC(CC(O)c2c(F)cccc2OC)C1. The third-order valence-corrected chi connectivity index (χ3v) is 4.25. The Morgan fingerprint density at radius 1 is 1.50 bits per heavy atom. The molecular formula is C16H24FNO2. The van der Waals surface area contributed by atoms with Gasteiger partial charge in [-0.25, -0.2) is 4.39 Å². The molecular weight excluding hydrogens is 257 g/mol. The van der Waals surface area contributed by atoms with E-state index < -0.39 is 11.9 Å². The molecule has 1 heterocycles. The molecule has 2 N–H and O–H groups in total. The average molecular weight is 281 g/mol. The first kappa shape index (κ1) is 15.3. The van der Waals surface area contributed by atoms with Crippen molar-refractivity contribution in [1.82, 2.24) is 5.32 Å². The van der Waals surface area contributed by atoms with Crippen LogP contribution in [0.2, 0.25) is 0 Å². The number of methoxy groups -OCH3 is 1. The van der Waals surface area contributed by atoms with Gasteiger partial charge >= 0.3 is 0 Å². The van der Waals surface area contributed by atoms with Crippen LogP contribution in [0.5, 0.6) is 5.75 Å². The summed E-state index contributed by atoms with van der Waals surface area (Å²) in [5.74, 6) is 0.719. The lowest BCUT2D eigenvalue weighted by Crippen LogP contribution is -2.39. The Balaban J connectivity index is 2.06. The highest BCUT2D eigenvalue weighted by molar-refractivity contribution is 5.36. The minimum absolute atomic E-state index is 0.244. The van der Waals surface area contributed by atoms with Gasteiger partial charge in [-0.3, -0.25) is 0 Å². The molecule has 0 aromatic heterocycles. The van der Waals surface area contributed by atoms with Crippen LogP contribution in [0.1, 0.15) is 44.3 Å². The van der Waals surface area contributed by atoms with Gasteiger partial charge in [-0.05, 0) is 43.9 Å². The van der Waals surface area contributed by atoms with Gasteiger partial charge in [0.2, 0.25) is 0 Å². The van der Waals surface area contributed by atoms with E-state index in [1.807, 2.05) is 0 Å². The minimum atomic E-state index is -0.834. The lowest BCUT2D eigenvalue weighted by Gasteiger charge is -2.31. The number of benzene rings is 1. The molecule has 20 heavy (non-hydrogen) atoms. The summed E-state index contributed by atoms with van der Waals surface area (Å²) in [5, 5.41) is 13.8. The lowest BCUT2D eigenvalue weighted by molar-refractivity contribution is 0.129. The first-order valence-electron chi connectivity index (χ1n) is 7.39. The topological polar surface area (TPSA) is 41.5 Å². The van der Waals surface area contributed by atoms with E-state index in [9.17, 15) is 9.50 Å². The van der Waals surface area contributed by atoms with Crippen molar-refractivity contribution in [2.75, 3.05) is 13.7 Å². The van der Waals surface area contributed by atoms with Gasteiger partial charge in [0.05, 0.1) is 18.8 Å². The zero-order valence-corrected chi connectivity index (χ0v) is 12.2. The van der Waals surface area contributed by atoms with E-state index in [1.54, 1.807) is 12.1 Å². The van der Waals surface area contributed by atoms with Gasteiger partial charge in [0.15, 0.2) is 0 Å². The van der Waals surface area contributed by atoms with E-state index in [2.05, 4.69) is 12.2 Å². The number of rotatable bonds is 5. The van der Waals surface area contributed by atoms with Gasteiger partial charge in [0.25, 0.3) is 0 Å². The summed E-state index contributed by atoms with van der Waals surface area (Å²) in [5.41, 5.74) is 0.274. The molecule has 2 rings (SSSR count). The van der Waals surface area contributed by atoms with Gasteiger partial charge in [-0.2, -0.15) is 0 Å². The van der Waals surface area contributed by atoms with E-state index in [0.29, 0.717) is 18.1 Å². The summed E-state index contributed by atoms with van der Waals surface area (Å²) < 4.78 is 19.1. The molecule has 0 saturated carbocycles. The van der Waals surface area contributed by atoms with E-state index in [-0.39, 0.29) is 11.6 Å². The summed E-state index contributed by atoms with van der Waals surface area (Å²) in [7, 11) is 1.50. The predicted octanol–water partition coefficient (Wildman–Crippen LogP) is 3.04. The molecule has 1 aromatic carbocycles. The zero-order valence-electron chi connectivity index (χ0n) is 12.2. The van der Waals surface area contributed by atoms with Crippen molar-refractivity contribution in [2.24, 2.45) is 5.92 Å². The van der Waals surface area contributed by atoms with Gasteiger partial charge in [0, 0.05) is 6.04 Å². The Morgan fingerprint density at radius 2 is 2.30 bits per heavy atom. The van der Waals surface area contributed by atoms with Crippen molar-refractivity contribution in [3.63, 3.8) is 0 Å². The molecule has 1 aliphatic rings. The maximum Gasteiger partial charge on any atom is 0.132 e. The number of piperidine rings is 1. The Kier molecular flexibility index (Phi) is 5.38. The van der Waals surface area contributed by atoms with Crippen LogP contribution in [0.4, 0.5) is 4.39 Å².